The van der Waals surface area contributed by atoms with Crippen molar-refractivity contribution in [1.82, 2.24) is 0 Å². The first kappa shape index (κ1) is 20.2. The van der Waals surface area contributed by atoms with Crippen LogP contribution in [0.5, 0.6) is 5.75 Å². The quantitative estimate of drug-likeness (QED) is 0.525. The van der Waals surface area contributed by atoms with E-state index in [1.807, 2.05) is 38.1 Å². The number of hydrogen-bond donors (Lipinski definition) is 0. The molecule has 1 atom stereocenters. The first-order valence-electron chi connectivity index (χ1n) is 8.83. The molecular formula is C22H22ClNO3S. The zero-order chi connectivity index (χ0) is 20.3. The molecule has 6 heteroatoms. The standard InChI is InChI=1S/C22H22ClNO3S/c1-16-10-12-22(13-11-16)28(25,26)24(20-8-5-7-19(23)15-20)17(2)18-6-4-9-21(14-18)27-3/h4-15,17H,1-3H3/t17-/m1/s1. The Morgan fingerprint density at radius 2 is 1.64 bits per heavy atom. The summed E-state index contributed by atoms with van der Waals surface area (Å²) in [5.41, 5.74) is 2.31. The van der Waals surface area contributed by atoms with Crippen LogP contribution in [0, 0.1) is 6.92 Å². The van der Waals surface area contributed by atoms with Crippen molar-refractivity contribution in [3.05, 3.63) is 88.9 Å². The maximum absolute atomic E-state index is 13.6. The van der Waals surface area contributed by atoms with Crippen LogP contribution in [0.4, 0.5) is 5.69 Å². The van der Waals surface area contributed by atoms with E-state index in [1.54, 1.807) is 55.6 Å². The van der Waals surface area contributed by atoms with Crippen LogP contribution in [-0.2, 0) is 10.0 Å². The van der Waals surface area contributed by atoms with E-state index in [0.717, 1.165) is 11.1 Å². The van der Waals surface area contributed by atoms with Crippen LogP contribution in [0.3, 0.4) is 0 Å². The van der Waals surface area contributed by atoms with Crippen molar-refractivity contribution in [3.63, 3.8) is 0 Å². The molecule has 28 heavy (non-hydrogen) atoms. The Kier molecular flexibility index (Phi) is 5.96. The Hall–Kier alpha value is -2.50. The van der Waals surface area contributed by atoms with Crippen LogP contribution in [0.15, 0.2) is 77.7 Å². The summed E-state index contributed by atoms with van der Waals surface area (Å²) in [4.78, 5) is 0.229. The van der Waals surface area contributed by atoms with Gasteiger partial charge in [-0.05, 0) is 61.9 Å². The van der Waals surface area contributed by atoms with Gasteiger partial charge < -0.3 is 4.74 Å². The lowest BCUT2D eigenvalue weighted by atomic mass is 10.1. The van der Waals surface area contributed by atoms with E-state index in [1.165, 1.54) is 4.31 Å². The molecule has 0 spiro atoms. The van der Waals surface area contributed by atoms with Gasteiger partial charge in [0, 0.05) is 5.02 Å². The first-order chi connectivity index (χ1) is 13.3. The molecule has 3 rings (SSSR count). The number of ether oxygens (including phenoxy) is 1. The van der Waals surface area contributed by atoms with Gasteiger partial charge in [-0.25, -0.2) is 8.42 Å². The van der Waals surface area contributed by atoms with Gasteiger partial charge >= 0.3 is 0 Å². The Balaban J connectivity index is 2.15. The molecular weight excluding hydrogens is 394 g/mol. The molecule has 0 N–H and O–H groups in total. The molecule has 0 aliphatic carbocycles. The Morgan fingerprint density at radius 1 is 0.964 bits per heavy atom. The van der Waals surface area contributed by atoms with E-state index in [9.17, 15) is 8.42 Å². The average Bonchev–Trinajstić information content (AvgIpc) is 2.68. The number of nitrogens with zero attached hydrogens (tertiary/aromatic N) is 1. The topological polar surface area (TPSA) is 46.6 Å². The van der Waals surface area contributed by atoms with Crippen molar-refractivity contribution in [2.24, 2.45) is 0 Å². The van der Waals surface area contributed by atoms with Gasteiger partial charge in [-0.1, -0.05) is 47.5 Å². The molecule has 0 fully saturated rings. The number of methoxy groups -OCH3 is 1. The summed E-state index contributed by atoms with van der Waals surface area (Å²) in [6, 6.07) is 20.6. The highest BCUT2D eigenvalue weighted by molar-refractivity contribution is 7.92. The third-order valence-corrected chi connectivity index (χ3v) is 6.72. The highest BCUT2D eigenvalue weighted by Crippen LogP contribution is 2.35. The van der Waals surface area contributed by atoms with E-state index in [-0.39, 0.29) is 4.90 Å². The van der Waals surface area contributed by atoms with E-state index in [2.05, 4.69) is 0 Å². The molecule has 0 heterocycles. The number of rotatable bonds is 6. The molecule has 0 saturated carbocycles. The first-order valence-corrected chi connectivity index (χ1v) is 10.7. The molecule has 4 nitrogen and oxygen atoms in total. The minimum absolute atomic E-state index is 0.229. The maximum atomic E-state index is 13.6. The van der Waals surface area contributed by atoms with Crippen molar-refractivity contribution in [2.75, 3.05) is 11.4 Å². The number of halogens is 1. The average molecular weight is 416 g/mol. The van der Waals surface area contributed by atoms with Crippen LogP contribution < -0.4 is 9.04 Å². The minimum atomic E-state index is -3.82. The lowest BCUT2D eigenvalue weighted by molar-refractivity contribution is 0.414. The second kappa shape index (κ2) is 8.25. The molecule has 0 radical (unpaired) electrons. The predicted molar refractivity (Wildman–Crippen MR) is 114 cm³/mol. The van der Waals surface area contributed by atoms with E-state index >= 15 is 0 Å². The highest BCUT2D eigenvalue weighted by Gasteiger charge is 2.30. The van der Waals surface area contributed by atoms with Gasteiger partial charge in [0.25, 0.3) is 10.0 Å². The summed E-state index contributed by atoms with van der Waals surface area (Å²) >= 11 is 6.16. The molecule has 0 amide bonds. The fraction of sp³-hybridized carbons (Fsp3) is 0.182. The van der Waals surface area contributed by atoms with E-state index in [4.69, 9.17) is 16.3 Å². The van der Waals surface area contributed by atoms with E-state index < -0.39 is 16.1 Å². The number of benzene rings is 3. The highest BCUT2D eigenvalue weighted by atomic mass is 35.5. The van der Waals surface area contributed by atoms with Crippen molar-refractivity contribution < 1.29 is 13.2 Å². The van der Waals surface area contributed by atoms with Crippen LogP contribution in [0.25, 0.3) is 0 Å². The number of aryl methyl sites for hydroxylation is 1. The van der Waals surface area contributed by atoms with Crippen LogP contribution in [-0.4, -0.2) is 15.5 Å². The van der Waals surface area contributed by atoms with Crippen molar-refractivity contribution in [1.29, 1.82) is 0 Å². The lowest BCUT2D eigenvalue weighted by Gasteiger charge is -2.31. The normalized spacial score (nSPS) is 12.4. The van der Waals surface area contributed by atoms with E-state index in [0.29, 0.717) is 16.5 Å². The molecule has 3 aromatic rings. The smallest absolute Gasteiger partial charge is 0.264 e. The molecule has 146 valence electrons. The summed E-state index contributed by atoms with van der Waals surface area (Å²) in [5, 5.41) is 0.472. The summed E-state index contributed by atoms with van der Waals surface area (Å²) in [5.74, 6) is 0.670. The monoisotopic (exact) mass is 415 g/mol. The number of hydrogen-bond acceptors (Lipinski definition) is 3. The van der Waals surface area contributed by atoms with Gasteiger partial charge in [0.05, 0.1) is 23.7 Å². The zero-order valence-corrected chi connectivity index (χ0v) is 17.5. The van der Waals surface area contributed by atoms with Crippen LogP contribution in [0.1, 0.15) is 24.1 Å². The summed E-state index contributed by atoms with van der Waals surface area (Å²) < 4.78 is 33.9. The molecule has 0 bridgehead atoms. The van der Waals surface area contributed by atoms with Crippen molar-refractivity contribution in [2.45, 2.75) is 24.8 Å². The molecule has 0 saturated heterocycles. The van der Waals surface area contributed by atoms with Crippen molar-refractivity contribution >= 4 is 27.3 Å². The van der Waals surface area contributed by atoms with Gasteiger partial charge in [0.15, 0.2) is 0 Å². The van der Waals surface area contributed by atoms with Gasteiger partial charge in [-0.3, -0.25) is 4.31 Å². The maximum Gasteiger partial charge on any atom is 0.264 e. The molecule has 0 aromatic heterocycles. The largest absolute Gasteiger partial charge is 0.497 e. The van der Waals surface area contributed by atoms with Gasteiger partial charge in [0.1, 0.15) is 5.75 Å². The Bertz CT molecular complexity index is 1070. The number of sulfonamides is 1. The van der Waals surface area contributed by atoms with Crippen molar-refractivity contribution in [3.8, 4) is 5.75 Å². The second-order valence-electron chi connectivity index (χ2n) is 6.55. The predicted octanol–water partition coefficient (Wildman–Crippen LogP) is 5.61. The molecule has 0 aliphatic rings. The summed E-state index contributed by atoms with van der Waals surface area (Å²) in [7, 11) is -2.24. The minimum Gasteiger partial charge on any atom is -0.497 e. The fourth-order valence-corrected chi connectivity index (χ4v) is 4.87. The summed E-state index contributed by atoms with van der Waals surface area (Å²) in [6.07, 6.45) is 0. The number of anilines is 1. The Morgan fingerprint density at radius 3 is 2.29 bits per heavy atom. The second-order valence-corrected chi connectivity index (χ2v) is 8.80. The van der Waals surface area contributed by atoms with Gasteiger partial charge in [-0.15, -0.1) is 0 Å². The SMILES string of the molecule is COc1cccc([C@@H](C)N(c2cccc(Cl)c2)S(=O)(=O)c2ccc(C)cc2)c1. The zero-order valence-electron chi connectivity index (χ0n) is 16.0. The third kappa shape index (κ3) is 4.16. The summed E-state index contributed by atoms with van der Waals surface area (Å²) in [6.45, 7) is 3.77. The van der Waals surface area contributed by atoms with Crippen LogP contribution in [0.2, 0.25) is 5.02 Å². The lowest BCUT2D eigenvalue weighted by Crippen LogP contribution is -2.33. The molecule has 3 aromatic carbocycles. The molecule has 0 unspecified atom stereocenters. The van der Waals surface area contributed by atoms with Gasteiger partial charge in [-0.2, -0.15) is 0 Å². The van der Waals surface area contributed by atoms with Gasteiger partial charge in [0.2, 0.25) is 0 Å². The van der Waals surface area contributed by atoms with Crippen LogP contribution >= 0.6 is 11.6 Å². The fourth-order valence-electron chi connectivity index (χ4n) is 3.04. The third-order valence-electron chi connectivity index (χ3n) is 4.57. The molecule has 0 aliphatic heterocycles. The Labute approximate surface area is 171 Å².